The first-order chi connectivity index (χ1) is 1.91. The molecule has 0 unspecified atom stereocenters. The van der Waals surface area contributed by atoms with Gasteiger partial charge in [-0.25, -0.2) is 0 Å². The summed E-state index contributed by atoms with van der Waals surface area (Å²) >= 11 is 0. The van der Waals surface area contributed by atoms with Crippen LogP contribution in [-0.4, -0.2) is 17.8 Å². The molecular formula is H2O2Si2. The molecule has 4 heteroatoms. The van der Waals surface area contributed by atoms with E-state index in [9.17, 15) is 0 Å². The van der Waals surface area contributed by atoms with Crippen LogP contribution in [0.2, 0.25) is 0 Å². The minimum Gasteiger partial charge on any atom is -0.389 e. The summed E-state index contributed by atoms with van der Waals surface area (Å²) in [4.78, 5) is 0. The van der Waals surface area contributed by atoms with Crippen LogP contribution in [0, 0.1) is 0 Å². The largest absolute Gasteiger partial charge is 0.389 e. The van der Waals surface area contributed by atoms with Gasteiger partial charge in [-0.15, -0.1) is 0 Å². The van der Waals surface area contributed by atoms with E-state index in [1.54, 1.807) is 0 Å². The van der Waals surface area contributed by atoms with Crippen LogP contribution in [0.1, 0.15) is 0 Å². The molecule has 4 heavy (non-hydrogen) atoms. The first kappa shape index (κ1) is 4.03. The van der Waals surface area contributed by atoms with E-state index < -0.39 is 17.8 Å². The number of hydrogen-bond acceptors (Lipinski definition) is 2. The van der Waals surface area contributed by atoms with Crippen molar-refractivity contribution in [3.8, 4) is 0 Å². The summed E-state index contributed by atoms with van der Waals surface area (Å²) in [7, 11) is -1.88. The highest BCUT2D eigenvalue weighted by molar-refractivity contribution is 6.84. The van der Waals surface area contributed by atoms with Gasteiger partial charge in [-0.1, -0.05) is 0 Å². The van der Waals surface area contributed by atoms with Gasteiger partial charge in [-0.3, -0.25) is 0 Å². The van der Waals surface area contributed by atoms with Gasteiger partial charge in [-0.05, 0) is 0 Å². The Kier molecular flexibility index (Phi) is 3.06. The summed E-state index contributed by atoms with van der Waals surface area (Å²) in [5, 5.41) is 0. The van der Waals surface area contributed by atoms with Crippen molar-refractivity contribution >= 4 is 17.8 Å². The molecule has 0 aliphatic carbocycles. The molecule has 0 aromatic carbocycles. The molecule has 0 bridgehead atoms. The Morgan fingerprint density at radius 3 is 1.25 bits per heavy atom. The standard InChI is InChI=1S/H2O2Si2/c1-3-4-2/h3-4H. The summed E-state index contributed by atoms with van der Waals surface area (Å²) in [5.41, 5.74) is 0. The van der Waals surface area contributed by atoms with E-state index in [0.29, 0.717) is 0 Å². The van der Waals surface area contributed by atoms with Gasteiger partial charge >= 0.3 is 17.8 Å². The Labute approximate surface area is 27.8 Å². The summed E-state index contributed by atoms with van der Waals surface area (Å²) in [5.74, 6) is 0. The second-order valence-corrected chi connectivity index (χ2v) is 2.45. The fourth-order valence-corrected chi connectivity index (χ4v) is 0. The zero-order chi connectivity index (χ0) is 3.41. The van der Waals surface area contributed by atoms with Crippen LogP contribution in [0.25, 0.3) is 0 Å². The molecule has 0 heterocycles. The molecule has 0 amide bonds. The van der Waals surface area contributed by atoms with Gasteiger partial charge in [-0.2, -0.15) is 0 Å². The average Bonchev–Trinajstić information content (AvgIpc) is 1.37. The summed E-state index contributed by atoms with van der Waals surface area (Å²) in [6.07, 6.45) is 0. The maximum atomic E-state index is 9.11. The van der Waals surface area contributed by atoms with Crippen LogP contribution < -0.4 is 0 Å². The Morgan fingerprint density at radius 1 is 1.00 bits per heavy atom. The Hall–Kier alpha value is 0.0338. The number of rotatable bonds is 1. The lowest BCUT2D eigenvalue weighted by atomic mass is 16.0. The molecule has 0 aromatic rings. The maximum Gasteiger partial charge on any atom is 0.307 e. The minimum atomic E-state index is -0.940. The summed E-state index contributed by atoms with van der Waals surface area (Å²) < 4.78 is 18.2. The van der Waals surface area contributed by atoms with Gasteiger partial charge in [0.15, 0.2) is 0 Å². The third kappa shape index (κ3) is 2.03. The molecular weight excluding hydrogens is 88.2 g/mol. The van der Waals surface area contributed by atoms with Crippen LogP contribution >= 0.6 is 0 Å². The molecule has 0 saturated carbocycles. The van der Waals surface area contributed by atoms with E-state index in [2.05, 4.69) is 0 Å². The quantitative estimate of drug-likeness (QED) is 0.366. The van der Waals surface area contributed by atoms with Crippen molar-refractivity contribution in [2.75, 3.05) is 0 Å². The van der Waals surface area contributed by atoms with E-state index in [1.165, 1.54) is 0 Å². The van der Waals surface area contributed by atoms with Crippen LogP contribution in [0.5, 0.6) is 0 Å². The van der Waals surface area contributed by atoms with Crippen molar-refractivity contribution in [3.05, 3.63) is 0 Å². The van der Waals surface area contributed by atoms with Gasteiger partial charge in [0, 0.05) is 0 Å². The number of hydrogen-bond donors (Lipinski definition) is 0. The fourth-order valence-electron chi connectivity index (χ4n) is 0. The molecule has 0 spiro atoms. The fraction of sp³-hybridized carbons (Fsp3) is 0. The molecule has 0 N–H and O–H groups in total. The smallest absolute Gasteiger partial charge is 0.307 e. The summed E-state index contributed by atoms with van der Waals surface area (Å²) in [6.45, 7) is 0. The normalized spacial score (nSPS) is 5.00. The van der Waals surface area contributed by atoms with Gasteiger partial charge in [0.1, 0.15) is 0 Å². The van der Waals surface area contributed by atoms with Crippen molar-refractivity contribution in [1.82, 2.24) is 0 Å². The van der Waals surface area contributed by atoms with Crippen LogP contribution in [0.4, 0.5) is 0 Å². The molecule has 0 fully saturated rings. The monoisotopic (exact) mass is 90.0 g/mol. The Balaban J connectivity index is 2.73. The zero-order valence-corrected chi connectivity index (χ0v) is 4.28. The molecule has 0 radical (unpaired) electrons. The lowest BCUT2D eigenvalue weighted by Gasteiger charge is -1.26. The molecule has 0 saturated heterocycles. The van der Waals surface area contributed by atoms with Crippen LogP contribution in [0.15, 0.2) is 0 Å². The van der Waals surface area contributed by atoms with E-state index in [0.717, 1.165) is 0 Å². The highest BCUT2D eigenvalue weighted by Crippen LogP contribution is 1.05. The topological polar surface area (TPSA) is 34.1 Å². The first-order valence-corrected chi connectivity index (χ1v) is 4.41. The maximum absolute atomic E-state index is 9.11. The predicted molar refractivity (Wildman–Crippen MR) is 15.7 cm³/mol. The first-order valence-electron chi connectivity index (χ1n) is 0.805. The van der Waals surface area contributed by atoms with Crippen molar-refractivity contribution < 1.29 is 8.92 Å². The highest BCUT2D eigenvalue weighted by Gasteiger charge is 1.56. The van der Waals surface area contributed by atoms with Gasteiger partial charge in [0.25, 0.3) is 0 Å². The van der Waals surface area contributed by atoms with Gasteiger partial charge in [0.05, 0.1) is 0 Å². The molecule has 2 nitrogen and oxygen atoms in total. The molecule has 0 aliphatic rings. The SMILES string of the molecule is O=[SiH][SiH]=O. The molecule has 22 valence electrons. The summed E-state index contributed by atoms with van der Waals surface area (Å²) in [6, 6.07) is 0. The van der Waals surface area contributed by atoms with Crippen LogP contribution in [0.3, 0.4) is 0 Å². The van der Waals surface area contributed by atoms with E-state index in [-0.39, 0.29) is 0 Å². The average molecular weight is 90.2 g/mol. The van der Waals surface area contributed by atoms with Gasteiger partial charge in [0.2, 0.25) is 0 Å². The van der Waals surface area contributed by atoms with E-state index in [1.807, 2.05) is 0 Å². The Bertz CT molecular complexity index is 25.0. The van der Waals surface area contributed by atoms with Crippen molar-refractivity contribution in [2.45, 2.75) is 0 Å². The minimum absolute atomic E-state index is 0.940. The molecule has 0 rings (SSSR count). The predicted octanol–water partition coefficient (Wildman–Crippen LogP) is -1.53. The van der Waals surface area contributed by atoms with Crippen molar-refractivity contribution in [3.63, 3.8) is 0 Å². The molecule has 0 aromatic heterocycles. The second kappa shape index (κ2) is 3.03. The van der Waals surface area contributed by atoms with E-state index >= 15 is 0 Å². The van der Waals surface area contributed by atoms with Crippen LogP contribution in [-0.2, 0) is 8.92 Å². The van der Waals surface area contributed by atoms with Crippen molar-refractivity contribution in [1.29, 1.82) is 0 Å². The third-order valence-corrected chi connectivity index (χ3v) is 0.500. The lowest BCUT2D eigenvalue weighted by molar-refractivity contribution is 0.566. The third-order valence-electron chi connectivity index (χ3n) is 0.0556. The molecule has 0 atom stereocenters. The highest BCUT2D eigenvalue weighted by atomic mass is 29.1. The lowest BCUT2D eigenvalue weighted by Crippen LogP contribution is -1.70. The van der Waals surface area contributed by atoms with Gasteiger partial charge < -0.3 is 8.92 Å². The molecule has 0 aliphatic heterocycles. The van der Waals surface area contributed by atoms with Crippen molar-refractivity contribution in [2.24, 2.45) is 0 Å². The zero-order valence-electron chi connectivity index (χ0n) is 1.97. The second-order valence-electron chi connectivity index (χ2n) is 0.272. The van der Waals surface area contributed by atoms with E-state index in [4.69, 9.17) is 8.92 Å². The Morgan fingerprint density at radius 2 is 1.25 bits per heavy atom.